The second-order valence-electron chi connectivity index (χ2n) is 5.84. The highest BCUT2D eigenvalue weighted by molar-refractivity contribution is 6.35. The quantitative estimate of drug-likeness (QED) is 0.419. The van der Waals surface area contributed by atoms with E-state index in [-0.39, 0.29) is 17.9 Å². The summed E-state index contributed by atoms with van der Waals surface area (Å²) in [4.78, 5) is 25.2. The number of hydrogen-bond donors (Lipinski definition) is 0. The van der Waals surface area contributed by atoms with Crippen molar-refractivity contribution in [2.24, 2.45) is 0 Å². The van der Waals surface area contributed by atoms with Crippen molar-refractivity contribution in [1.82, 2.24) is 0 Å². The average Bonchev–Trinajstić information content (AvgIpc) is 2.67. The Kier molecular flexibility index (Phi) is 6.15. The zero-order valence-corrected chi connectivity index (χ0v) is 15.7. The van der Waals surface area contributed by atoms with E-state index in [1.807, 2.05) is 4.90 Å². The monoisotopic (exact) mass is 410 g/mol. The van der Waals surface area contributed by atoms with Gasteiger partial charge in [0.05, 0.1) is 23.7 Å². The number of esters is 1. The molecular weight excluding hydrogens is 395 g/mol. The maximum Gasteiger partial charge on any atom is 0.338 e. The number of rotatable bonds is 5. The lowest BCUT2D eigenvalue weighted by Crippen LogP contribution is -2.36. The van der Waals surface area contributed by atoms with Gasteiger partial charge in [-0.1, -0.05) is 29.3 Å². The molecule has 0 radical (unpaired) electrons. The molecular formula is C18H16Cl2N2O5. The lowest BCUT2D eigenvalue weighted by atomic mass is 10.1. The zero-order chi connectivity index (χ0) is 19.4. The van der Waals surface area contributed by atoms with Crippen molar-refractivity contribution in [2.45, 2.75) is 6.61 Å². The van der Waals surface area contributed by atoms with Gasteiger partial charge >= 0.3 is 5.97 Å². The molecule has 0 aliphatic carbocycles. The third kappa shape index (κ3) is 4.50. The van der Waals surface area contributed by atoms with Gasteiger partial charge in [-0.2, -0.15) is 0 Å². The molecule has 7 nitrogen and oxygen atoms in total. The van der Waals surface area contributed by atoms with E-state index in [1.54, 1.807) is 24.3 Å². The van der Waals surface area contributed by atoms with Crippen LogP contribution in [0.25, 0.3) is 0 Å². The summed E-state index contributed by atoms with van der Waals surface area (Å²) in [6, 6.07) is 9.25. The predicted octanol–water partition coefficient (Wildman–Crippen LogP) is 4.10. The van der Waals surface area contributed by atoms with Crippen LogP contribution in [0, 0.1) is 10.1 Å². The van der Waals surface area contributed by atoms with E-state index < -0.39 is 10.9 Å². The third-order valence-corrected chi connectivity index (χ3v) is 4.88. The van der Waals surface area contributed by atoms with Gasteiger partial charge in [0.1, 0.15) is 12.3 Å². The zero-order valence-electron chi connectivity index (χ0n) is 14.2. The van der Waals surface area contributed by atoms with Gasteiger partial charge in [0.15, 0.2) is 0 Å². The lowest BCUT2D eigenvalue weighted by Gasteiger charge is -2.28. The first-order valence-corrected chi connectivity index (χ1v) is 8.94. The summed E-state index contributed by atoms with van der Waals surface area (Å²) >= 11 is 12.1. The molecule has 0 spiro atoms. The minimum Gasteiger partial charge on any atom is -0.457 e. The Hall–Kier alpha value is -2.35. The van der Waals surface area contributed by atoms with Crippen LogP contribution in [-0.2, 0) is 16.1 Å². The van der Waals surface area contributed by atoms with Gasteiger partial charge in [-0.15, -0.1) is 0 Å². The van der Waals surface area contributed by atoms with Gasteiger partial charge in [-0.3, -0.25) is 10.1 Å². The van der Waals surface area contributed by atoms with E-state index in [2.05, 4.69) is 0 Å². The van der Waals surface area contributed by atoms with Crippen molar-refractivity contribution in [2.75, 3.05) is 31.2 Å². The first-order chi connectivity index (χ1) is 13.0. The van der Waals surface area contributed by atoms with Crippen LogP contribution in [0.2, 0.25) is 10.0 Å². The molecule has 0 N–H and O–H groups in total. The second kappa shape index (κ2) is 8.56. The van der Waals surface area contributed by atoms with Crippen LogP contribution in [0.1, 0.15) is 15.9 Å². The number of nitro benzene ring substituents is 1. The first kappa shape index (κ1) is 19.4. The fraction of sp³-hybridized carbons (Fsp3) is 0.278. The Morgan fingerprint density at radius 3 is 2.48 bits per heavy atom. The van der Waals surface area contributed by atoms with Crippen molar-refractivity contribution >= 4 is 40.5 Å². The summed E-state index contributed by atoms with van der Waals surface area (Å²) in [6.07, 6.45) is 0. The minimum atomic E-state index is -0.692. The number of carbonyl (C=O) groups is 1. The molecule has 1 fully saturated rings. The van der Waals surface area contributed by atoms with E-state index >= 15 is 0 Å². The Balaban J connectivity index is 1.78. The second-order valence-corrected chi connectivity index (χ2v) is 6.65. The summed E-state index contributed by atoms with van der Waals surface area (Å²) in [5.74, 6) is -0.692. The molecule has 1 saturated heterocycles. The summed E-state index contributed by atoms with van der Waals surface area (Å²) in [6.45, 7) is 1.97. The van der Waals surface area contributed by atoms with Crippen molar-refractivity contribution in [3.63, 3.8) is 0 Å². The van der Waals surface area contributed by atoms with Gasteiger partial charge in [0.2, 0.25) is 0 Å². The molecule has 0 amide bonds. The van der Waals surface area contributed by atoms with Crippen LogP contribution in [0.15, 0.2) is 36.4 Å². The number of morpholine rings is 1. The van der Waals surface area contributed by atoms with E-state index in [9.17, 15) is 14.9 Å². The van der Waals surface area contributed by atoms with E-state index in [0.717, 1.165) is 0 Å². The molecule has 0 unspecified atom stereocenters. The number of hydrogen-bond acceptors (Lipinski definition) is 6. The van der Waals surface area contributed by atoms with Gasteiger partial charge in [-0.05, 0) is 24.3 Å². The number of benzene rings is 2. The molecule has 0 saturated carbocycles. The lowest BCUT2D eigenvalue weighted by molar-refractivity contribution is -0.384. The standard InChI is InChI=1S/C18H16Cl2N2O5/c19-14-2-1-3-15(20)13(14)11-27-18(23)12-4-5-16(17(10-12)22(24)25)21-6-8-26-9-7-21/h1-5,10H,6-9,11H2. The smallest absolute Gasteiger partial charge is 0.338 e. The number of carbonyl (C=O) groups excluding carboxylic acids is 1. The number of ether oxygens (including phenoxy) is 2. The Bertz CT molecular complexity index is 849. The molecule has 1 heterocycles. The van der Waals surface area contributed by atoms with Gasteiger partial charge in [-0.25, -0.2) is 4.79 Å². The van der Waals surface area contributed by atoms with E-state index in [0.29, 0.717) is 47.6 Å². The first-order valence-electron chi connectivity index (χ1n) is 8.18. The predicted molar refractivity (Wildman–Crippen MR) is 102 cm³/mol. The van der Waals surface area contributed by atoms with Gasteiger partial charge in [0, 0.05) is 34.8 Å². The van der Waals surface area contributed by atoms with Crippen molar-refractivity contribution in [1.29, 1.82) is 0 Å². The third-order valence-electron chi connectivity index (χ3n) is 4.17. The normalized spacial score (nSPS) is 14.1. The van der Waals surface area contributed by atoms with Crippen LogP contribution < -0.4 is 4.90 Å². The number of nitrogens with zero attached hydrogens (tertiary/aromatic N) is 2. The molecule has 3 rings (SSSR count). The topological polar surface area (TPSA) is 81.9 Å². The SMILES string of the molecule is O=C(OCc1c(Cl)cccc1Cl)c1ccc(N2CCOCC2)c([N+](=O)[O-])c1. The minimum absolute atomic E-state index is 0.0851. The average molecular weight is 411 g/mol. The van der Waals surface area contributed by atoms with Crippen LogP contribution >= 0.6 is 23.2 Å². The number of anilines is 1. The molecule has 9 heteroatoms. The Morgan fingerprint density at radius 2 is 1.85 bits per heavy atom. The molecule has 0 atom stereocenters. The highest BCUT2D eigenvalue weighted by atomic mass is 35.5. The van der Waals surface area contributed by atoms with Crippen LogP contribution in [0.5, 0.6) is 0 Å². The fourth-order valence-electron chi connectivity index (χ4n) is 2.76. The summed E-state index contributed by atoms with van der Waals surface area (Å²) in [7, 11) is 0. The van der Waals surface area contributed by atoms with Crippen LogP contribution in [0.3, 0.4) is 0 Å². The van der Waals surface area contributed by atoms with Gasteiger partial charge in [0.25, 0.3) is 5.69 Å². The molecule has 2 aromatic carbocycles. The van der Waals surface area contributed by atoms with E-state index in [1.165, 1.54) is 12.1 Å². The highest BCUT2D eigenvalue weighted by Crippen LogP contribution is 2.31. The van der Waals surface area contributed by atoms with Crippen LogP contribution in [0.4, 0.5) is 11.4 Å². The fourth-order valence-corrected chi connectivity index (χ4v) is 3.27. The van der Waals surface area contributed by atoms with Crippen molar-refractivity contribution in [3.05, 3.63) is 67.7 Å². The molecule has 1 aliphatic heterocycles. The maximum atomic E-state index is 12.3. The molecule has 27 heavy (non-hydrogen) atoms. The molecule has 142 valence electrons. The van der Waals surface area contributed by atoms with Crippen molar-refractivity contribution in [3.8, 4) is 0 Å². The summed E-state index contributed by atoms with van der Waals surface area (Å²) < 4.78 is 10.5. The summed E-state index contributed by atoms with van der Waals surface area (Å²) in [5.41, 5.74) is 0.867. The number of nitro groups is 1. The Labute approximate surface area is 165 Å². The number of halogens is 2. The Morgan fingerprint density at radius 1 is 1.19 bits per heavy atom. The van der Waals surface area contributed by atoms with Gasteiger partial charge < -0.3 is 14.4 Å². The maximum absolute atomic E-state index is 12.3. The molecule has 0 aromatic heterocycles. The van der Waals surface area contributed by atoms with Crippen LogP contribution in [-0.4, -0.2) is 37.2 Å². The van der Waals surface area contributed by atoms with Crippen molar-refractivity contribution < 1.29 is 19.2 Å². The molecule has 2 aromatic rings. The largest absolute Gasteiger partial charge is 0.457 e. The van der Waals surface area contributed by atoms with E-state index in [4.69, 9.17) is 32.7 Å². The molecule has 1 aliphatic rings. The highest BCUT2D eigenvalue weighted by Gasteiger charge is 2.24. The molecule has 0 bridgehead atoms. The summed E-state index contributed by atoms with van der Waals surface area (Å²) in [5, 5.41) is 12.2.